The third-order valence-electron chi connectivity index (χ3n) is 5.80. The maximum atomic E-state index is 13.0. The van der Waals surface area contributed by atoms with E-state index in [0.29, 0.717) is 40.5 Å². The van der Waals surface area contributed by atoms with Crippen LogP contribution in [0.3, 0.4) is 0 Å². The second-order valence-corrected chi connectivity index (χ2v) is 10.6. The molecule has 0 spiro atoms. The quantitative estimate of drug-likeness (QED) is 0.553. The zero-order valence-electron chi connectivity index (χ0n) is 18.0. The molecule has 0 aliphatic heterocycles. The van der Waals surface area contributed by atoms with E-state index >= 15 is 0 Å². The summed E-state index contributed by atoms with van der Waals surface area (Å²) in [5.74, 6) is -0.180. The highest BCUT2D eigenvalue weighted by atomic mass is 35.5. The van der Waals surface area contributed by atoms with E-state index in [-0.39, 0.29) is 34.7 Å². The van der Waals surface area contributed by atoms with Gasteiger partial charge in [0.15, 0.2) is 15.6 Å². The first-order valence-electron chi connectivity index (χ1n) is 10.7. The SMILES string of the molecule is CCS(=O)(=O)c1ccc(CC(=O)Nc2ccc3c(n2)CCC(c2ccccc2Cl)C3=O)cc1. The number of amides is 1. The van der Waals surface area contributed by atoms with E-state index in [0.717, 1.165) is 5.56 Å². The number of carbonyl (C=O) groups is 2. The molecule has 4 rings (SSSR count). The van der Waals surface area contributed by atoms with Crippen molar-refractivity contribution in [1.82, 2.24) is 4.98 Å². The molecular weight excluding hydrogens is 460 g/mol. The average molecular weight is 483 g/mol. The van der Waals surface area contributed by atoms with Gasteiger partial charge in [0.25, 0.3) is 0 Å². The first-order chi connectivity index (χ1) is 15.8. The lowest BCUT2D eigenvalue weighted by molar-refractivity contribution is -0.115. The van der Waals surface area contributed by atoms with Crippen molar-refractivity contribution in [2.75, 3.05) is 11.1 Å². The second-order valence-electron chi connectivity index (χ2n) is 7.94. The van der Waals surface area contributed by atoms with Crippen molar-refractivity contribution in [1.29, 1.82) is 0 Å². The van der Waals surface area contributed by atoms with Crippen molar-refractivity contribution in [3.05, 3.63) is 88.1 Å². The highest BCUT2D eigenvalue weighted by Gasteiger charge is 2.30. The Hall–Kier alpha value is -3.03. The van der Waals surface area contributed by atoms with Gasteiger partial charge in [0.2, 0.25) is 5.91 Å². The molecule has 6 nitrogen and oxygen atoms in total. The molecule has 1 amide bonds. The van der Waals surface area contributed by atoms with Crippen LogP contribution < -0.4 is 5.32 Å². The van der Waals surface area contributed by atoms with Gasteiger partial charge in [-0.2, -0.15) is 0 Å². The number of hydrogen-bond donors (Lipinski definition) is 1. The van der Waals surface area contributed by atoms with E-state index in [2.05, 4.69) is 10.3 Å². The van der Waals surface area contributed by atoms with Gasteiger partial charge in [-0.25, -0.2) is 13.4 Å². The second kappa shape index (κ2) is 9.45. The molecule has 0 radical (unpaired) electrons. The number of sulfone groups is 1. The number of benzene rings is 2. The van der Waals surface area contributed by atoms with Gasteiger partial charge >= 0.3 is 0 Å². The molecule has 1 aromatic heterocycles. The molecule has 3 aromatic rings. The molecule has 0 bridgehead atoms. The highest BCUT2D eigenvalue weighted by Crippen LogP contribution is 2.35. The molecule has 1 N–H and O–H groups in total. The molecule has 1 aliphatic carbocycles. The number of anilines is 1. The van der Waals surface area contributed by atoms with Gasteiger partial charge in [-0.05, 0) is 54.3 Å². The van der Waals surface area contributed by atoms with Gasteiger partial charge < -0.3 is 5.32 Å². The Balaban J connectivity index is 1.44. The number of rotatable bonds is 6. The molecule has 0 saturated heterocycles. The Morgan fingerprint density at radius 3 is 2.52 bits per heavy atom. The van der Waals surface area contributed by atoms with Gasteiger partial charge in [-0.1, -0.05) is 48.9 Å². The normalized spacial score (nSPS) is 15.7. The van der Waals surface area contributed by atoms with Crippen LogP contribution in [0.15, 0.2) is 65.6 Å². The molecule has 170 valence electrons. The first kappa shape index (κ1) is 23.1. The lowest BCUT2D eigenvalue weighted by Crippen LogP contribution is -2.23. The number of pyridine rings is 1. The molecule has 0 fully saturated rings. The van der Waals surface area contributed by atoms with Crippen molar-refractivity contribution < 1.29 is 18.0 Å². The van der Waals surface area contributed by atoms with Crippen LogP contribution in [-0.2, 0) is 27.5 Å². The number of aromatic nitrogens is 1. The molecular formula is C25H23ClN2O4S. The Morgan fingerprint density at radius 1 is 1.09 bits per heavy atom. The number of halogens is 1. The number of nitrogens with zero attached hydrogens (tertiary/aromatic N) is 1. The number of ketones is 1. The number of hydrogen-bond acceptors (Lipinski definition) is 5. The maximum absolute atomic E-state index is 13.0. The smallest absolute Gasteiger partial charge is 0.229 e. The summed E-state index contributed by atoms with van der Waals surface area (Å²) in [4.78, 5) is 30.2. The van der Waals surface area contributed by atoms with Gasteiger partial charge in [-0.15, -0.1) is 0 Å². The van der Waals surface area contributed by atoms with Gasteiger partial charge in [0.05, 0.1) is 22.8 Å². The minimum atomic E-state index is -3.27. The van der Waals surface area contributed by atoms with Crippen molar-refractivity contribution in [2.24, 2.45) is 0 Å². The fraction of sp³-hybridized carbons (Fsp3) is 0.240. The van der Waals surface area contributed by atoms with E-state index < -0.39 is 9.84 Å². The van der Waals surface area contributed by atoms with Crippen LogP contribution in [0.2, 0.25) is 5.02 Å². The Bertz CT molecular complexity index is 1320. The minimum Gasteiger partial charge on any atom is -0.310 e. The lowest BCUT2D eigenvalue weighted by atomic mass is 9.81. The van der Waals surface area contributed by atoms with Crippen molar-refractivity contribution in [3.8, 4) is 0 Å². The van der Waals surface area contributed by atoms with E-state index in [1.54, 1.807) is 37.3 Å². The molecule has 2 aromatic carbocycles. The minimum absolute atomic E-state index is 0.0168. The van der Waals surface area contributed by atoms with E-state index in [4.69, 9.17) is 11.6 Å². The number of nitrogens with one attached hydrogen (secondary N) is 1. The summed E-state index contributed by atoms with van der Waals surface area (Å²) in [5.41, 5.74) is 2.73. The van der Waals surface area contributed by atoms with Crippen LogP contribution in [0.4, 0.5) is 5.82 Å². The van der Waals surface area contributed by atoms with Crippen molar-refractivity contribution in [3.63, 3.8) is 0 Å². The molecule has 1 heterocycles. The Morgan fingerprint density at radius 2 is 1.82 bits per heavy atom. The fourth-order valence-electron chi connectivity index (χ4n) is 3.99. The van der Waals surface area contributed by atoms with Crippen LogP contribution >= 0.6 is 11.6 Å². The summed E-state index contributed by atoms with van der Waals surface area (Å²) < 4.78 is 23.8. The summed E-state index contributed by atoms with van der Waals surface area (Å²) in [6.45, 7) is 1.59. The van der Waals surface area contributed by atoms with Crippen LogP contribution in [0.5, 0.6) is 0 Å². The summed E-state index contributed by atoms with van der Waals surface area (Å²) in [6.07, 6.45) is 1.29. The monoisotopic (exact) mass is 482 g/mol. The van der Waals surface area contributed by atoms with E-state index in [1.807, 2.05) is 18.2 Å². The number of Topliss-reactive ketones (excluding diaryl/α,β-unsaturated/α-hetero) is 1. The van der Waals surface area contributed by atoms with Crippen LogP contribution in [0.25, 0.3) is 0 Å². The predicted molar refractivity (Wildman–Crippen MR) is 128 cm³/mol. The standard InChI is InChI=1S/C25H23ClN2O4S/c1-2-33(31,32)17-9-7-16(8-10-17)15-24(29)28-23-14-12-20-22(27-23)13-11-19(25(20)30)18-5-3-4-6-21(18)26/h3-10,12,14,19H,2,11,13,15H2,1H3,(H,27,28,29). The Labute approximate surface area is 197 Å². The van der Waals surface area contributed by atoms with Gasteiger partial charge in [0, 0.05) is 16.5 Å². The summed E-state index contributed by atoms with van der Waals surface area (Å²) >= 11 is 6.29. The predicted octanol–water partition coefficient (Wildman–Crippen LogP) is 4.62. The van der Waals surface area contributed by atoms with E-state index in [1.165, 1.54) is 12.1 Å². The molecule has 1 atom stereocenters. The van der Waals surface area contributed by atoms with Crippen LogP contribution in [-0.4, -0.2) is 30.8 Å². The lowest BCUT2D eigenvalue weighted by Gasteiger charge is -2.24. The molecule has 1 unspecified atom stereocenters. The van der Waals surface area contributed by atoms with E-state index in [9.17, 15) is 18.0 Å². The third kappa shape index (κ3) is 4.99. The van der Waals surface area contributed by atoms with Crippen LogP contribution in [0.1, 0.15) is 46.4 Å². The third-order valence-corrected chi connectivity index (χ3v) is 7.90. The molecule has 0 saturated carbocycles. The topological polar surface area (TPSA) is 93.2 Å². The number of fused-ring (bicyclic) bond motifs is 1. The Kier molecular flexibility index (Phi) is 6.63. The van der Waals surface area contributed by atoms with Crippen molar-refractivity contribution in [2.45, 2.75) is 37.0 Å². The molecule has 8 heteroatoms. The highest BCUT2D eigenvalue weighted by molar-refractivity contribution is 7.91. The number of carbonyl (C=O) groups excluding carboxylic acids is 2. The van der Waals surface area contributed by atoms with Gasteiger partial charge in [-0.3, -0.25) is 9.59 Å². The summed E-state index contributed by atoms with van der Waals surface area (Å²) in [7, 11) is -3.27. The molecule has 33 heavy (non-hydrogen) atoms. The maximum Gasteiger partial charge on any atom is 0.229 e. The zero-order chi connectivity index (χ0) is 23.6. The largest absolute Gasteiger partial charge is 0.310 e. The fourth-order valence-corrected chi connectivity index (χ4v) is 5.15. The number of aryl methyl sites for hydroxylation is 1. The zero-order valence-corrected chi connectivity index (χ0v) is 19.6. The van der Waals surface area contributed by atoms with Crippen molar-refractivity contribution >= 4 is 38.9 Å². The molecule has 1 aliphatic rings. The van der Waals surface area contributed by atoms with Gasteiger partial charge in [0.1, 0.15) is 5.82 Å². The average Bonchev–Trinajstić information content (AvgIpc) is 2.80. The summed E-state index contributed by atoms with van der Waals surface area (Å²) in [5, 5.41) is 3.34. The van der Waals surface area contributed by atoms with Crippen LogP contribution in [0, 0.1) is 0 Å². The summed E-state index contributed by atoms with van der Waals surface area (Å²) in [6, 6.07) is 17.0. The first-order valence-corrected chi connectivity index (χ1v) is 12.7.